The number of ether oxygens (including phenoxy) is 1. The van der Waals surface area contributed by atoms with Gasteiger partial charge >= 0.3 is 14.1 Å². The molecule has 124 valence electrons. The molecule has 1 aliphatic carbocycles. The lowest BCUT2D eigenvalue weighted by Crippen LogP contribution is -2.39. The normalized spacial score (nSPS) is 23.0. The Balaban J connectivity index is 1.83. The Morgan fingerprint density at radius 1 is 1.48 bits per heavy atom. The highest BCUT2D eigenvalue weighted by Crippen LogP contribution is 2.48. The van der Waals surface area contributed by atoms with Crippen molar-refractivity contribution in [3.63, 3.8) is 0 Å². The van der Waals surface area contributed by atoms with Gasteiger partial charge in [0.15, 0.2) is 6.16 Å². The van der Waals surface area contributed by atoms with Crippen LogP contribution in [0.3, 0.4) is 0 Å². The topological polar surface area (TPSA) is 64.6 Å². The summed E-state index contributed by atoms with van der Waals surface area (Å²) in [6.45, 7) is 6.26. The molecule has 3 atom stereocenters. The molecular formula is C17H23NO4P+. The van der Waals surface area contributed by atoms with Crippen LogP contribution >= 0.6 is 8.03 Å². The summed E-state index contributed by atoms with van der Waals surface area (Å²) in [7, 11) is -1.67. The van der Waals surface area contributed by atoms with Crippen molar-refractivity contribution >= 4 is 14.1 Å². The fourth-order valence-electron chi connectivity index (χ4n) is 2.60. The molecule has 1 aliphatic rings. The molecule has 6 heteroatoms. The third-order valence-electron chi connectivity index (χ3n) is 4.00. The van der Waals surface area contributed by atoms with E-state index in [4.69, 9.17) is 9.26 Å². The molecule has 0 aliphatic heterocycles. The van der Waals surface area contributed by atoms with Crippen LogP contribution in [0.5, 0.6) is 0 Å². The van der Waals surface area contributed by atoms with E-state index in [2.05, 4.69) is 11.9 Å². The van der Waals surface area contributed by atoms with Gasteiger partial charge < -0.3 is 10.1 Å². The van der Waals surface area contributed by atoms with Crippen molar-refractivity contribution in [1.82, 2.24) is 5.32 Å². The number of amides is 1. The van der Waals surface area contributed by atoms with Crippen molar-refractivity contribution < 1.29 is 18.6 Å². The van der Waals surface area contributed by atoms with Gasteiger partial charge in [-0.05, 0) is 23.5 Å². The first-order valence-corrected chi connectivity index (χ1v) is 9.15. The standard InChI is InChI=1S/C17H22NO4P/c1-3-15-12-17(15,10-11-23(20)22-4-2)18-16(19)21-13-14-8-6-5-7-9-14/h3,5-9,15H,1,4,10-13H2,2H3/p+1. The van der Waals surface area contributed by atoms with Crippen LogP contribution in [0.15, 0.2) is 43.0 Å². The highest BCUT2D eigenvalue weighted by molar-refractivity contribution is 7.39. The Morgan fingerprint density at radius 3 is 2.83 bits per heavy atom. The van der Waals surface area contributed by atoms with Gasteiger partial charge in [0.05, 0.1) is 12.1 Å². The average molecular weight is 336 g/mol. The van der Waals surface area contributed by atoms with Crippen LogP contribution in [0.2, 0.25) is 0 Å². The molecule has 1 aromatic rings. The van der Waals surface area contributed by atoms with Gasteiger partial charge in [0.1, 0.15) is 6.61 Å². The Bertz CT molecular complexity index is 563. The summed E-state index contributed by atoms with van der Waals surface area (Å²) < 4.78 is 22.0. The Morgan fingerprint density at radius 2 is 2.22 bits per heavy atom. The number of hydrogen-bond acceptors (Lipinski definition) is 4. The van der Waals surface area contributed by atoms with E-state index in [1.165, 1.54) is 0 Å². The van der Waals surface area contributed by atoms with Crippen LogP contribution in [0.4, 0.5) is 4.79 Å². The molecule has 1 fully saturated rings. The number of carbonyl (C=O) groups is 1. The Labute approximate surface area is 137 Å². The molecule has 23 heavy (non-hydrogen) atoms. The number of benzene rings is 1. The smallest absolute Gasteiger partial charge is 0.445 e. The van der Waals surface area contributed by atoms with Crippen molar-refractivity contribution in [2.45, 2.75) is 31.9 Å². The minimum atomic E-state index is -1.67. The first-order chi connectivity index (χ1) is 11.1. The molecule has 5 nitrogen and oxygen atoms in total. The summed E-state index contributed by atoms with van der Waals surface area (Å²) in [5.74, 6) is 0.191. The molecule has 2 rings (SSSR count). The second kappa shape index (κ2) is 8.23. The van der Waals surface area contributed by atoms with Crippen LogP contribution < -0.4 is 5.32 Å². The molecule has 3 unspecified atom stereocenters. The largest absolute Gasteiger partial charge is 0.508 e. The molecule has 0 heterocycles. The maximum atomic E-state index is 12.0. The van der Waals surface area contributed by atoms with Crippen LogP contribution in [-0.2, 0) is 20.4 Å². The highest BCUT2D eigenvalue weighted by atomic mass is 31.1. The summed E-state index contributed by atoms with van der Waals surface area (Å²) >= 11 is 0. The van der Waals surface area contributed by atoms with Gasteiger partial charge in [0.2, 0.25) is 0 Å². The van der Waals surface area contributed by atoms with Crippen molar-refractivity contribution in [2.75, 3.05) is 12.8 Å². The van der Waals surface area contributed by atoms with E-state index in [0.29, 0.717) is 19.2 Å². The lowest BCUT2D eigenvalue weighted by atomic mass is 10.1. The van der Waals surface area contributed by atoms with E-state index < -0.39 is 19.7 Å². The maximum absolute atomic E-state index is 12.0. The molecule has 0 radical (unpaired) electrons. The molecular weight excluding hydrogens is 313 g/mol. The molecule has 0 aromatic heterocycles. The van der Waals surface area contributed by atoms with E-state index in [1.54, 1.807) is 0 Å². The van der Waals surface area contributed by atoms with Crippen LogP contribution in [0.25, 0.3) is 0 Å². The highest BCUT2D eigenvalue weighted by Gasteiger charge is 2.54. The predicted octanol–water partition coefficient (Wildman–Crippen LogP) is 4.03. The van der Waals surface area contributed by atoms with Crippen molar-refractivity contribution in [1.29, 1.82) is 0 Å². The van der Waals surface area contributed by atoms with Crippen molar-refractivity contribution in [3.05, 3.63) is 48.6 Å². The zero-order valence-corrected chi connectivity index (χ0v) is 14.3. The minimum Gasteiger partial charge on any atom is -0.445 e. The summed E-state index contributed by atoms with van der Waals surface area (Å²) in [6.07, 6.45) is 3.19. The monoisotopic (exact) mass is 336 g/mol. The molecule has 0 saturated heterocycles. The molecule has 0 spiro atoms. The van der Waals surface area contributed by atoms with Gasteiger partial charge in [-0.25, -0.2) is 4.79 Å². The molecule has 1 amide bonds. The zero-order chi connectivity index (χ0) is 16.7. The first kappa shape index (κ1) is 17.6. The Kier molecular flexibility index (Phi) is 6.31. The molecule has 1 saturated carbocycles. The van der Waals surface area contributed by atoms with Crippen LogP contribution in [0.1, 0.15) is 25.3 Å². The molecule has 0 bridgehead atoms. The third-order valence-corrected chi connectivity index (χ3v) is 5.13. The van der Waals surface area contributed by atoms with E-state index >= 15 is 0 Å². The van der Waals surface area contributed by atoms with E-state index in [9.17, 15) is 9.36 Å². The van der Waals surface area contributed by atoms with Gasteiger partial charge in [-0.2, -0.15) is 0 Å². The number of rotatable bonds is 9. The van der Waals surface area contributed by atoms with E-state index in [0.717, 1.165) is 12.0 Å². The maximum Gasteiger partial charge on any atom is 0.508 e. The minimum absolute atomic E-state index is 0.191. The number of nitrogens with one attached hydrogen (secondary N) is 1. The van der Waals surface area contributed by atoms with Gasteiger partial charge in [-0.3, -0.25) is 0 Å². The molecule has 1 N–H and O–H groups in total. The summed E-state index contributed by atoms with van der Waals surface area (Å²) in [5.41, 5.74) is 0.546. The second-order valence-corrected chi connectivity index (χ2v) is 6.98. The Hall–Kier alpha value is -1.71. The zero-order valence-electron chi connectivity index (χ0n) is 13.4. The van der Waals surface area contributed by atoms with Crippen LogP contribution in [0, 0.1) is 5.92 Å². The van der Waals surface area contributed by atoms with E-state index in [-0.39, 0.29) is 12.5 Å². The SMILES string of the molecule is C=CC1CC1(CC[P+](=O)OCC)NC(=O)OCc1ccccc1. The summed E-state index contributed by atoms with van der Waals surface area (Å²) in [5, 5.41) is 2.92. The summed E-state index contributed by atoms with van der Waals surface area (Å²) in [4.78, 5) is 12.0. The summed E-state index contributed by atoms with van der Waals surface area (Å²) in [6, 6.07) is 9.52. The first-order valence-electron chi connectivity index (χ1n) is 7.78. The van der Waals surface area contributed by atoms with E-state index in [1.807, 2.05) is 43.3 Å². The van der Waals surface area contributed by atoms with Crippen molar-refractivity contribution in [2.24, 2.45) is 5.92 Å². The fraction of sp³-hybridized carbons (Fsp3) is 0.471. The van der Waals surface area contributed by atoms with Crippen LogP contribution in [-0.4, -0.2) is 24.4 Å². The predicted molar refractivity (Wildman–Crippen MR) is 89.5 cm³/mol. The van der Waals surface area contributed by atoms with Crippen molar-refractivity contribution in [3.8, 4) is 0 Å². The second-order valence-electron chi connectivity index (χ2n) is 5.61. The van der Waals surface area contributed by atoms with Gasteiger partial charge in [0, 0.05) is 12.3 Å². The number of carbonyl (C=O) groups excluding carboxylic acids is 1. The number of alkyl carbamates (subject to hydrolysis) is 1. The average Bonchev–Trinajstić information content (AvgIpc) is 3.25. The number of hydrogen-bond donors (Lipinski definition) is 1. The van der Waals surface area contributed by atoms with Gasteiger partial charge in [-0.15, -0.1) is 11.1 Å². The molecule has 1 aromatic carbocycles. The lowest BCUT2D eigenvalue weighted by Gasteiger charge is -2.16. The fourth-order valence-corrected chi connectivity index (χ4v) is 3.60. The van der Waals surface area contributed by atoms with Gasteiger partial charge in [0.25, 0.3) is 0 Å². The van der Waals surface area contributed by atoms with Gasteiger partial charge in [-0.1, -0.05) is 36.4 Å². The quantitative estimate of drug-likeness (QED) is 0.546. The lowest BCUT2D eigenvalue weighted by molar-refractivity contribution is 0.133. The third kappa shape index (κ3) is 5.15.